The fraction of sp³-hybridized carbons (Fsp3) is 0.286. The molecule has 0 aromatic carbocycles. The average molecular weight is 272 g/mol. The Morgan fingerprint density at radius 1 is 1.43 bits per heavy atom. The maximum Gasteiger partial charge on any atom is 0.573 e. The summed E-state index contributed by atoms with van der Waals surface area (Å²) in [5, 5.41) is 0. The summed E-state index contributed by atoms with van der Waals surface area (Å²) in [6, 6.07) is 1.27. The minimum atomic E-state index is -4.77. The van der Waals surface area contributed by atoms with Crippen LogP contribution >= 0.6 is 15.9 Å². The van der Waals surface area contributed by atoms with E-state index in [4.69, 9.17) is 0 Å². The lowest BCUT2D eigenvalue weighted by Crippen LogP contribution is -2.18. The van der Waals surface area contributed by atoms with E-state index < -0.39 is 12.1 Å². The second kappa shape index (κ2) is 4.04. The highest BCUT2D eigenvalue weighted by atomic mass is 79.9. The number of aromatic nitrogens is 1. The monoisotopic (exact) mass is 271 g/mol. The van der Waals surface area contributed by atoms with Gasteiger partial charge in [-0.2, -0.15) is 0 Å². The highest BCUT2D eigenvalue weighted by Gasteiger charge is 2.33. The molecular formula is C7H5BrF3NO2. The third-order valence-electron chi connectivity index (χ3n) is 1.26. The lowest BCUT2D eigenvalue weighted by molar-refractivity contribution is -0.275. The predicted molar refractivity (Wildman–Crippen MR) is 45.2 cm³/mol. The van der Waals surface area contributed by atoms with Crippen molar-refractivity contribution in [2.24, 2.45) is 0 Å². The van der Waals surface area contributed by atoms with Crippen molar-refractivity contribution in [3.63, 3.8) is 0 Å². The first kappa shape index (κ1) is 11.1. The van der Waals surface area contributed by atoms with E-state index in [0.29, 0.717) is 0 Å². The first-order valence-corrected chi connectivity index (χ1v) is 4.17. The van der Waals surface area contributed by atoms with Gasteiger partial charge in [0.2, 0.25) is 5.75 Å². The number of hydrogen-bond acceptors (Lipinski definition) is 3. The summed E-state index contributed by atoms with van der Waals surface area (Å²) in [7, 11) is 1.24. The molecule has 0 aliphatic rings. The van der Waals surface area contributed by atoms with E-state index in [1.54, 1.807) is 0 Å². The summed E-state index contributed by atoms with van der Waals surface area (Å²) in [5.74, 6) is -0.522. The summed E-state index contributed by atoms with van der Waals surface area (Å²) in [6.45, 7) is 0. The fourth-order valence-electron chi connectivity index (χ4n) is 0.775. The summed E-state index contributed by atoms with van der Waals surface area (Å²) in [4.78, 5) is 3.58. The Bertz CT molecular complexity index is 329. The van der Waals surface area contributed by atoms with Crippen molar-refractivity contribution in [2.45, 2.75) is 6.36 Å². The van der Waals surface area contributed by atoms with Crippen molar-refractivity contribution in [3.05, 3.63) is 16.9 Å². The van der Waals surface area contributed by atoms with Gasteiger partial charge in [0.05, 0.1) is 7.11 Å². The van der Waals surface area contributed by atoms with E-state index in [2.05, 4.69) is 30.4 Å². The van der Waals surface area contributed by atoms with Crippen LogP contribution in [0, 0.1) is 0 Å². The SMILES string of the molecule is COc1ccnc(Br)c1OC(F)(F)F. The molecule has 7 heteroatoms. The number of nitrogens with zero attached hydrogens (tertiary/aromatic N) is 1. The van der Waals surface area contributed by atoms with Crippen molar-refractivity contribution in [1.82, 2.24) is 4.98 Å². The van der Waals surface area contributed by atoms with Crippen LogP contribution in [0.4, 0.5) is 13.2 Å². The lowest BCUT2D eigenvalue weighted by atomic mass is 10.4. The van der Waals surface area contributed by atoms with Crippen molar-refractivity contribution in [2.75, 3.05) is 7.11 Å². The molecule has 1 aromatic rings. The van der Waals surface area contributed by atoms with E-state index >= 15 is 0 Å². The minimum absolute atomic E-state index is 0.0378. The Labute approximate surface area is 86.0 Å². The van der Waals surface area contributed by atoms with Crippen LogP contribution in [0.15, 0.2) is 16.9 Å². The molecular weight excluding hydrogens is 267 g/mol. The molecule has 14 heavy (non-hydrogen) atoms. The Morgan fingerprint density at radius 2 is 2.07 bits per heavy atom. The molecule has 0 spiro atoms. The van der Waals surface area contributed by atoms with E-state index in [1.807, 2.05) is 0 Å². The van der Waals surface area contributed by atoms with Gasteiger partial charge < -0.3 is 9.47 Å². The number of pyridine rings is 1. The highest BCUT2D eigenvalue weighted by Crippen LogP contribution is 2.36. The van der Waals surface area contributed by atoms with E-state index in [1.165, 1.54) is 19.4 Å². The normalized spacial score (nSPS) is 11.2. The summed E-state index contributed by atoms with van der Waals surface area (Å²) < 4.78 is 44.1. The number of halogens is 4. The van der Waals surface area contributed by atoms with Crippen molar-refractivity contribution >= 4 is 15.9 Å². The molecule has 0 N–H and O–H groups in total. The molecule has 1 aromatic heterocycles. The number of ether oxygens (including phenoxy) is 2. The van der Waals surface area contributed by atoms with Crippen LogP contribution in [-0.4, -0.2) is 18.5 Å². The van der Waals surface area contributed by atoms with Gasteiger partial charge in [0, 0.05) is 12.3 Å². The van der Waals surface area contributed by atoms with Crippen LogP contribution in [0.2, 0.25) is 0 Å². The van der Waals surface area contributed by atoms with Gasteiger partial charge in [0.1, 0.15) is 0 Å². The van der Waals surface area contributed by atoms with E-state index in [0.717, 1.165) is 0 Å². The number of hydrogen-bond donors (Lipinski definition) is 0. The molecule has 0 bridgehead atoms. The van der Waals surface area contributed by atoms with Gasteiger partial charge in [-0.25, -0.2) is 4.98 Å². The van der Waals surface area contributed by atoms with Crippen molar-refractivity contribution in [3.8, 4) is 11.5 Å². The second-order valence-corrected chi connectivity index (χ2v) is 2.93. The van der Waals surface area contributed by atoms with Crippen LogP contribution in [0.1, 0.15) is 0 Å². The maximum atomic E-state index is 11.9. The molecule has 78 valence electrons. The van der Waals surface area contributed by atoms with Crippen LogP contribution in [0.3, 0.4) is 0 Å². The van der Waals surface area contributed by atoms with Gasteiger partial charge in [0.15, 0.2) is 10.4 Å². The second-order valence-electron chi connectivity index (χ2n) is 2.18. The fourth-order valence-corrected chi connectivity index (χ4v) is 1.17. The highest BCUT2D eigenvalue weighted by molar-refractivity contribution is 9.10. The zero-order valence-corrected chi connectivity index (χ0v) is 8.52. The first-order valence-electron chi connectivity index (χ1n) is 3.38. The smallest absolute Gasteiger partial charge is 0.493 e. The number of methoxy groups -OCH3 is 1. The summed E-state index contributed by atoms with van der Waals surface area (Å²) in [6.07, 6.45) is -3.47. The Kier molecular flexibility index (Phi) is 3.20. The Morgan fingerprint density at radius 3 is 2.57 bits per heavy atom. The minimum Gasteiger partial charge on any atom is -0.493 e. The summed E-state index contributed by atoms with van der Waals surface area (Å²) >= 11 is 2.82. The summed E-state index contributed by atoms with van der Waals surface area (Å²) in [5.41, 5.74) is 0. The topological polar surface area (TPSA) is 31.4 Å². The Balaban J connectivity index is 3.05. The molecule has 0 unspecified atom stereocenters. The lowest BCUT2D eigenvalue weighted by Gasteiger charge is -2.12. The molecule has 0 fully saturated rings. The molecule has 3 nitrogen and oxygen atoms in total. The Hall–Kier alpha value is -0.980. The molecule has 0 saturated heterocycles. The van der Waals surface area contributed by atoms with Crippen LogP contribution in [0.25, 0.3) is 0 Å². The predicted octanol–water partition coefficient (Wildman–Crippen LogP) is 2.75. The molecule has 0 radical (unpaired) electrons. The zero-order valence-electron chi connectivity index (χ0n) is 6.93. The quantitative estimate of drug-likeness (QED) is 0.776. The molecule has 1 heterocycles. The third kappa shape index (κ3) is 2.76. The van der Waals surface area contributed by atoms with Gasteiger partial charge in [-0.05, 0) is 15.9 Å². The van der Waals surface area contributed by atoms with E-state index in [9.17, 15) is 13.2 Å². The number of alkyl halides is 3. The molecule has 0 saturated carbocycles. The maximum absolute atomic E-state index is 11.9. The average Bonchev–Trinajstić information content (AvgIpc) is 2.06. The molecule has 1 rings (SSSR count). The third-order valence-corrected chi connectivity index (χ3v) is 1.83. The first-order chi connectivity index (χ1) is 6.44. The molecule has 0 atom stereocenters. The zero-order chi connectivity index (χ0) is 10.8. The largest absolute Gasteiger partial charge is 0.573 e. The van der Waals surface area contributed by atoms with Crippen LogP contribution < -0.4 is 9.47 Å². The van der Waals surface area contributed by atoms with Crippen molar-refractivity contribution < 1.29 is 22.6 Å². The van der Waals surface area contributed by atoms with Gasteiger partial charge in [0.25, 0.3) is 0 Å². The number of rotatable bonds is 2. The van der Waals surface area contributed by atoms with Gasteiger partial charge in [-0.1, -0.05) is 0 Å². The molecule has 0 aliphatic heterocycles. The van der Waals surface area contributed by atoms with E-state index in [-0.39, 0.29) is 10.4 Å². The van der Waals surface area contributed by atoms with Crippen LogP contribution in [-0.2, 0) is 0 Å². The van der Waals surface area contributed by atoms with Crippen LogP contribution in [0.5, 0.6) is 11.5 Å². The molecule has 0 aliphatic carbocycles. The van der Waals surface area contributed by atoms with Gasteiger partial charge in [-0.3, -0.25) is 0 Å². The van der Waals surface area contributed by atoms with Gasteiger partial charge in [-0.15, -0.1) is 13.2 Å². The standard InChI is InChI=1S/C7H5BrF3NO2/c1-13-4-2-3-12-6(8)5(4)14-7(9,10)11/h2-3H,1H3. The van der Waals surface area contributed by atoms with Crippen molar-refractivity contribution in [1.29, 1.82) is 0 Å². The molecule has 0 amide bonds. The van der Waals surface area contributed by atoms with Gasteiger partial charge >= 0.3 is 6.36 Å².